The molecule has 5 nitrogen and oxygen atoms in total. The first-order valence-corrected chi connectivity index (χ1v) is 7.16. The summed E-state index contributed by atoms with van der Waals surface area (Å²) in [7, 11) is 0. The molecular weight excluding hydrogens is 280 g/mol. The number of anilines is 1. The number of carbonyl (C=O) groups excluding carboxylic acids is 1. The lowest BCUT2D eigenvalue weighted by Crippen LogP contribution is -2.36. The second kappa shape index (κ2) is 4.59. The molecule has 110 valence electrons. The highest BCUT2D eigenvalue weighted by atomic mass is 16.4. The number of carbonyl (C=O) groups is 2. The minimum Gasteiger partial charge on any atom is -0.481 e. The summed E-state index contributed by atoms with van der Waals surface area (Å²) in [6, 6.07) is 7.57. The molecule has 0 saturated carbocycles. The number of aliphatic carboxylic acids is 1. The number of aromatic nitrogens is 1. The van der Waals surface area contributed by atoms with E-state index in [0.717, 1.165) is 10.9 Å². The lowest BCUT2D eigenvalue weighted by molar-refractivity contribution is -0.136. The molecule has 4 rings (SSSR count). The molecule has 2 aromatic rings. The smallest absolute Gasteiger partial charge is 0.307 e. The summed E-state index contributed by atoms with van der Waals surface area (Å²) in [5, 5.41) is 13.0. The number of allylic oxidation sites excluding steroid dienone is 3. The predicted molar refractivity (Wildman–Crippen MR) is 82.7 cm³/mol. The van der Waals surface area contributed by atoms with Gasteiger partial charge in [0.25, 0.3) is 0 Å². The van der Waals surface area contributed by atoms with Crippen molar-refractivity contribution in [3.8, 4) is 0 Å². The lowest BCUT2D eigenvalue weighted by atomic mass is 9.92. The zero-order valence-electron chi connectivity index (χ0n) is 11.7. The van der Waals surface area contributed by atoms with Crippen molar-refractivity contribution in [1.82, 2.24) is 4.57 Å². The summed E-state index contributed by atoms with van der Waals surface area (Å²) in [6.45, 7) is 0. The molecule has 5 heteroatoms. The van der Waals surface area contributed by atoms with Gasteiger partial charge in [-0.2, -0.15) is 0 Å². The van der Waals surface area contributed by atoms with E-state index in [1.54, 1.807) is 0 Å². The van der Waals surface area contributed by atoms with Gasteiger partial charge in [0.05, 0.1) is 23.9 Å². The van der Waals surface area contributed by atoms with Crippen LogP contribution in [-0.4, -0.2) is 21.6 Å². The molecule has 0 bridgehead atoms. The zero-order valence-corrected chi connectivity index (χ0v) is 11.7. The van der Waals surface area contributed by atoms with Crippen molar-refractivity contribution in [2.24, 2.45) is 5.92 Å². The first-order chi connectivity index (χ1) is 10.7. The Morgan fingerprint density at radius 3 is 2.82 bits per heavy atom. The van der Waals surface area contributed by atoms with Crippen LogP contribution in [0, 0.1) is 5.92 Å². The molecule has 0 spiro atoms. The first-order valence-electron chi connectivity index (χ1n) is 7.16. The van der Waals surface area contributed by atoms with Crippen LogP contribution in [0.2, 0.25) is 0 Å². The molecule has 1 aromatic heterocycles. The monoisotopic (exact) mass is 294 g/mol. The van der Waals surface area contributed by atoms with E-state index in [4.69, 9.17) is 0 Å². The number of benzene rings is 1. The number of carboxylic acid groups (broad SMARTS) is 1. The van der Waals surface area contributed by atoms with Crippen LogP contribution in [0.15, 0.2) is 48.6 Å². The SMILES string of the molecule is O=C(O)Cc1c2n(c3ccccc13)C1C=CC=CC1C(=O)N2. The third-order valence-corrected chi connectivity index (χ3v) is 4.29. The summed E-state index contributed by atoms with van der Waals surface area (Å²) in [5.74, 6) is -0.650. The summed E-state index contributed by atoms with van der Waals surface area (Å²) >= 11 is 0. The Balaban J connectivity index is 2.02. The third-order valence-electron chi connectivity index (χ3n) is 4.29. The van der Waals surface area contributed by atoms with Gasteiger partial charge in [0, 0.05) is 10.9 Å². The number of hydrogen-bond donors (Lipinski definition) is 2. The topological polar surface area (TPSA) is 71.3 Å². The van der Waals surface area contributed by atoms with Crippen LogP contribution < -0.4 is 5.32 Å². The summed E-state index contributed by atoms with van der Waals surface area (Å²) in [6.07, 6.45) is 7.56. The highest BCUT2D eigenvalue weighted by molar-refractivity contribution is 6.03. The standard InChI is InChI=1S/C17H14N2O3/c20-15(21)9-12-10-5-1-3-7-13(10)19-14-8-4-2-6-11(14)17(22)18-16(12)19/h1-8,11,14H,9H2,(H,18,22)(H,20,21). The Morgan fingerprint density at radius 2 is 2.00 bits per heavy atom. The predicted octanol–water partition coefficient (Wildman–Crippen LogP) is 2.50. The first kappa shape index (κ1) is 12.9. The molecule has 2 N–H and O–H groups in total. The number of fused-ring (bicyclic) bond motifs is 5. The minimum absolute atomic E-state index is 0.0902. The molecule has 2 atom stereocenters. The summed E-state index contributed by atoms with van der Waals surface area (Å²) in [5.41, 5.74) is 1.61. The van der Waals surface area contributed by atoms with Gasteiger partial charge < -0.3 is 15.0 Å². The summed E-state index contributed by atoms with van der Waals surface area (Å²) < 4.78 is 2.04. The molecule has 1 aromatic carbocycles. The minimum atomic E-state index is -0.908. The van der Waals surface area contributed by atoms with Crippen LogP contribution in [0.25, 0.3) is 10.9 Å². The van der Waals surface area contributed by atoms with Crippen LogP contribution >= 0.6 is 0 Å². The molecule has 0 radical (unpaired) electrons. The lowest BCUT2D eigenvalue weighted by Gasteiger charge is -2.32. The van der Waals surface area contributed by atoms with Crippen LogP contribution in [-0.2, 0) is 16.0 Å². The van der Waals surface area contributed by atoms with E-state index in [2.05, 4.69) is 5.32 Å². The maximum absolute atomic E-state index is 12.3. The van der Waals surface area contributed by atoms with Crippen molar-refractivity contribution in [2.45, 2.75) is 12.5 Å². The van der Waals surface area contributed by atoms with E-state index in [1.807, 2.05) is 53.1 Å². The number of nitrogens with one attached hydrogen (secondary N) is 1. The van der Waals surface area contributed by atoms with E-state index in [1.165, 1.54) is 0 Å². The van der Waals surface area contributed by atoms with Gasteiger partial charge in [0.15, 0.2) is 0 Å². The fraction of sp³-hybridized carbons (Fsp3) is 0.176. The van der Waals surface area contributed by atoms with Crippen molar-refractivity contribution >= 4 is 28.6 Å². The molecule has 2 heterocycles. The molecule has 0 fully saturated rings. The quantitative estimate of drug-likeness (QED) is 0.894. The Morgan fingerprint density at radius 1 is 1.23 bits per heavy atom. The second-order valence-electron chi connectivity index (χ2n) is 5.56. The van der Waals surface area contributed by atoms with Gasteiger partial charge in [-0.25, -0.2) is 0 Å². The maximum Gasteiger partial charge on any atom is 0.307 e. The Kier molecular flexibility index (Phi) is 2.69. The summed E-state index contributed by atoms with van der Waals surface area (Å²) in [4.78, 5) is 23.6. The molecule has 1 amide bonds. The van der Waals surface area contributed by atoms with Gasteiger partial charge in [-0.1, -0.05) is 42.5 Å². The van der Waals surface area contributed by atoms with Gasteiger partial charge in [0.2, 0.25) is 5.91 Å². The van der Waals surface area contributed by atoms with Gasteiger partial charge in [-0.15, -0.1) is 0 Å². The Labute approximate surface area is 126 Å². The van der Waals surface area contributed by atoms with E-state index >= 15 is 0 Å². The van der Waals surface area contributed by atoms with E-state index in [-0.39, 0.29) is 24.3 Å². The van der Waals surface area contributed by atoms with Crippen molar-refractivity contribution in [3.05, 3.63) is 54.1 Å². The van der Waals surface area contributed by atoms with E-state index in [9.17, 15) is 14.7 Å². The molecule has 22 heavy (non-hydrogen) atoms. The largest absolute Gasteiger partial charge is 0.481 e. The second-order valence-corrected chi connectivity index (χ2v) is 5.56. The van der Waals surface area contributed by atoms with Crippen LogP contribution in [0.4, 0.5) is 5.82 Å². The number of amides is 1. The van der Waals surface area contributed by atoms with Crippen LogP contribution in [0.5, 0.6) is 0 Å². The average Bonchev–Trinajstić information content (AvgIpc) is 2.82. The fourth-order valence-electron chi connectivity index (χ4n) is 3.39. The van der Waals surface area contributed by atoms with Gasteiger partial charge in [-0.3, -0.25) is 9.59 Å². The van der Waals surface area contributed by atoms with Gasteiger partial charge >= 0.3 is 5.97 Å². The number of para-hydroxylation sites is 1. The van der Waals surface area contributed by atoms with Crippen LogP contribution in [0.3, 0.4) is 0 Å². The van der Waals surface area contributed by atoms with Crippen molar-refractivity contribution in [3.63, 3.8) is 0 Å². The molecule has 2 unspecified atom stereocenters. The zero-order chi connectivity index (χ0) is 15.3. The Hall–Kier alpha value is -2.82. The van der Waals surface area contributed by atoms with Crippen molar-refractivity contribution in [1.29, 1.82) is 0 Å². The highest BCUT2D eigenvalue weighted by Crippen LogP contribution is 2.41. The van der Waals surface area contributed by atoms with Crippen LogP contribution in [0.1, 0.15) is 11.6 Å². The fourth-order valence-corrected chi connectivity index (χ4v) is 3.39. The molecule has 2 aliphatic rings. The van der Waals surface area contributed by atoms with Gasteiger partial charge in [0.1, 0.15) is 5.82 Å². The van der Waals surface area contributed by atoms with Crippen molar-refractivity contribution in [2.75, 3.05) is 5.32 Å². The average molecular weight is 294 g/mol. The van der Waals surface area contributed by atoms with Gasteiger partial charge in [-0.05, 0) is 6.07 Å². The Bertz CT molecular complexity index is 860. The molecule has 1 aliphatic heterocycles. The third kappa shape index (κ3) is 1.72. The van der Waals surface area contributed by atoms with Crippen molar-refractivity contribution < 1.29 is 14.7 Å². The number of hydrogen-bond acceptors (Lipinski definition) is 2. The number of rotatable bonds is 2. The maximum atomic E-state index is 12.3. The molecule has 1 aliphatic carbocycles. The molecular formula is C17H14N2O3. The van der Waals surface area contributed by atoms with E-state index < -0.39 is 5.97 Å². The normalized spacial score (nSPS) is 22.3. The van der Waals surface area contributed by atoms with E-state index in [0.29, 0.717) is 11.4 Å². The highest BCUT2D eigenvalue weighted by Gasteiger charge is 2.36. The number of carboxylic acids is 1. The molecule has 0 saturated heterocycles. The number of nitrogens with zero attached hydrogens (tertiary/aromatic N) is 1.